The Bertz CT molecular complexity index is 1060. The van der Waals surface area contributed by atoms with Crippen molar-refractivity contribution < 1.29 is 53.4 Å². The third-order valence-electron chi connectivity index (χ3n) is 5.31. The molecule has 0 aromatic heterocycles. The molecule has 3 N–H and O–H groups in total. The maximum absolute atomic E-state index is 12.9. The van der Waals surface area contributed by atoms with Gasteiger partial charge < -0.3 is 39.0 Å². The summed E-state index contributed by atoms with van der Waals surface area (Å²) in [6.45, 7) is -0.249. The summed E-state index contributed by atoms with van der Waals surface area (Å²) in [5.74, 6) is -2.43. The summed E-state index contributed by atoms with van der Waals surface area (Å²) in [5, 5.41) is 28.3. The van der Waals surface area contributed by atoms with Gasteiger partial charge in [0.25, 0.3) is 0 Å². The van der Waals surface area contributed by atoms with Crippen molar-refractivity contribution >= 4 is 17.7 Å². The van der Waals surface area contributed by atoms with E-state index in [0.717, 1.165) is 5.56 Å². The number of carbonyl (C=O) groups is 3. The molecule has 11 nitrogen and oxygen atoms in total. The van der Waals surface area contributed by atoms with Gasteiger partial charge in [-0.15, -0.1) is 0 Å². The minimum absolute atomic E-state index is 0.0883. The molecule has 3 rings (SSSR count). The molecular weight excluding hydrogens is 464 g/mol. The van der Waals surface area contributed by atoms with Crippen LogP contribution in [0.3, 0.4) is 0 Å². The number of ether oxygens (including phenoxy) is 5. The third kappa shape index (κ3) is 6.40. The van der Waals surface area contributed by atoms with Crippen molar-refractivity contribution in [3.8, 4) is 23.0 Å². The monoisotopic (exact) mass is 490 g/mol. The zero-order chi connectivity index (χ0) is 25.5. The van der Waals surface area contributed by atoms with Gasteiger partial charge in [-0.3, -0.25) is 9.59 Å². The zero-order valence-corrected chi connectivity index (χ0v) is 19.1. The van der Waals surface area contributed by atoms with Crippen LogP contribution in [0.15, 0.2) is 36.4 Å². The average molecular weight is 490 g/mol. The summed E-state index contributed by atoms with van der Waals surface area (Å²) >= 11 is 0. The quantitative estimate of drug-likeness (QED) is 0.322. The molecule has 2 aromatic carbocycles. The number of benzene rings is 2. The van der Waals surface area contributed by atoms with Crippen molar-refractivity contribution in [1.29, 1.82) is 0 Å². The number of aliphatic hydroxyl groups excluding tert-OH is 1. The van der Waals surface area contributed by atoms with Crippen molar-refractivity contribution in [2.45, 2.75) is 25.2 Å². The molecule has 0 radical (unpaired) electrons. The highest BCUT2D eigenvalue weighted by Gasteiger charge is 2.36. The van der Waals surface area contributed by atoms with Gasteiger partial charge in [0, 0.05) is 12.5 Å². The van der Waals surface area contributed by atoms with E-state index in [1.165, 1.54) is 38.5 Å². The van der Waals surface area contributed by atoms with Crippen LogP contribution in [-0.2, 0) is 25.5 Å². The Morgan fingerprint density at radius 1 is 1.09 bits per heavy atom. The van der Waals surface area contributed by atoms with Crippen LogP contribution >= 0.6 is 0 Å². The smallest absolute Gasteiger partial charge is 0.352 e. The van der Waals surface area contributed by atoms with Crippen LogP contribution in [0.25, 0.3) is 0 Å². The first-order valence-electron chi connectivity index (χ1n) is 10.7. The number of phenolic OH excluding ortho intramolecular Hbond substituents is 1. The molecule has 35 heavy (non-hydrogen) atoms. The SMILES string of the molecule is COc1cc2c(cc1OC)C(=O)C(CC(=O)OC(C(=O)OCCc1ccc(O)cc1)C(O)O)CO2. The molecule has 2 aromatic rings. The fourth-order valence-corrected chi connectivity index (χ4v) is 3.45. The van der Waals surface area contributed by atoms with Gasteiger partial charge in [-0.2, -0.15) is 0 Å². The molecule has 1 aliphatic heterocycles. The van der Waals surface area contributed by atoms with Crippen LogP contribution < -0.4 is 14.2 Å². The Hall–Kier alpha value is -3.83. The van der Waals surface area contributed by atoms with Crippen molar-refractivity contribution in [3.05, 3.63) is 47.5 Å². The lowest BCUT2D eigenvalue weighted by Crippen LogP contribution is -2.40. The first kappa shape index (κ1) is 25.8. The van der Waals surface area contributed by atoms with Gasteiger partial charge in [0.15, 0.2) is 17.3 Å². The molecule has 0 saturated carbocycles. The standard InChI is InChI=1S/C24H26O11/c1-31-18-10-16-17(11-19(18)32-2)34-12-14(21(16)27)9-20(26)35-22(23(28)29)24(30)33-8-7-13-3-5-15(25)6-4-13/h3-6,10-11,14,22-23,25,28-29H,7-9,12H2,1-2H3. The van der Waals surface area contributed by atoms with E-state index >= 15 is 0 Å². The second-order valence-corrected chi connectivity index (χ2v) is 7.69. The van der Waals surface area contributed by atoms with Gasteiger partial charge in [0.2, 0.25) is 12.4 Å². The lowest BCUT2D eigenvalue weighted by Gasteiger charge is -2.25. The normalized spacial score (nSPS) is 15.6. The summed E-state index contributed by atoms with van der Waals surface area (Å²) in [6, 6.07) is 9.16. The number of esters is 2. The number of aromatic hydroxyl groups is 1. The summed E-state index contributed by atoms with van der Waals surface area (Å²) in [5.41, 5.74) is 0.957. The van der Waals surface area contributed by atoms with Crippen LogP contribution in [0.1, 0.15) is 22.3 Å². The summed E-state index contributed by atoms with van der Waals surface area (Å²) < 4.78 is 25.9. The van der Waals surface area contributed by atoms with E-state index < -0.39 is 42.5 Å². The summed E-state index contributed by atoms with van der Waals surface area (Å²) in [6.07, 6.45) is -4.48. The molecular formula is C24H26O11. The number of methoxy groups -OCH3 is 2. The Kier molecular flexibility index (Phi) is 8.50. The predicted molar refractivity (Wildman–Crippen MR) is 118 cm³/mol. The number of aliphatic hydroxyl groups is 2. The van der Waals surface area contributed by atoms with Crippen molar-refractivity contribution in [2.24, 2.45) is 5.92 Å². The Labute approximate surface area is 200 Å². The first-order chi connectivity index (χ1) is 16.7. The van der Waals surface area contributed by atoms with Crippen molar-refractivity contribution in [2.75, 3.05) is 27.4 Å². The van der Waals surface area contributed by atoms with Crippen LogP contribution in [0.2, 0.25) is 0 Å². The molecule has 0 spiro atoms. The lowest BCUT2D eigenvalue weighted by atomic mass is 9.92. The highest BCUT2D eigenvalue weighted by atomic mass is 16.6. The maximum Gasteiger partial charge on any atom is 0.352 e. The first-order valence-corrected chi connectivity index (χ1v) is 10.7. The topological polar surface area (TPSA) is 158 Å². The van der Waals surface area contributed by atoms with Crippen molar-refractivity contribution in [3.63, 3.8) is 0 Å². The molecule has 188 valence electrons. The minimum atomic E-state index is -2.32. The van der Waals surface area contributed by atoms with Gasteiger partial charge in [-0.1, -0.05) is 12.1 Å². The number of carbonyl (C=O) groups excluding carboxylic acids is 3. The van der Waals surface area contributed by atoms with Crippen LogP contribution in [0.5, 0.6) is 23.0 Å². The molecule has 0 aliphatic carbocycles. The van der Waals surface area contributed by atoms with Gasteiger partial charge in [0.05, 0.1) is 45.3 Å². The van der Waals surface area contributed by atoms with Gasteiger partial charge in [0.1, 0.15) is 11.5 Å². The maximum atomic E-state index is 12.9. The molecule has 2 unspecified atom stereocenters. The molecule has 1 aliphatic rings. The summed E-state index contributed by atoms with van der Waals surface area (Å²) in [7, 11) is 2.86. The van der Waals surface area contributed by atoms with E-state index in [1.807, 2.05) is 0 Å². The number of Topliss-reactive ketones (excluding diaryl/α,β-unsaturated/α-hetero) is 1. The second-order valence-electron chi connectivity index (χ2n) is 7.69. The highest BCUT2D eigenvalue weighted by Crippen LogP contribution is 2.38. The highest BCUT2D eigenvalue weighted by molar-refractivity contribution is 6.03. The fraction of sp³-hybridized carbons (Fsp3) is 0.375. The Balaban J connectivity index is 1.57. The third-order valence-corrected chi connectivity index (χ3v) is 5.31. The summed E-state index contributed by atoms with van der Waals surface area (Å²) in [4.78, 5) is 37.5. The molecule has 2 atom stereocenters. The molecule has 0 saturated heterocycles. The van der Waals surface area contributed by atoms with Gasteiger partial charge >= 0.3 is 11.9 Å². The van der Waals surface area contributed by atoms with Crippen LogP contribution in [0, 0.1) is 5.92 Å². The minimum Gasteiger partial charge on any atom is -0.508 e. The number of ketones is 1. The number of hydrogen-bond donors (Lipinski definition) is 3. The van der Waals surface area contributed by atoms with E-state index in [0.29, 0.717) is 11.5 Å². The lowest BCUT2D eigenvalue weighted by molar-refractivity contribution is -0.195. The molecule has 11 heteroatoms. The predicted octanol–water partition coefficient (Wildman–Crippen LogP) is 0.999. The fourth-order valence-electron chi connectivity index (χ4n) is 3.45. The Morgan fingerprint density at radius 3 is 2.37 bits per heavy atom. The number of phenols is 1. The van der Waals surface area contributed by atoms with E-state index in [2.05, 4.69) is 0 Å². The number of fused-ring (bicyclic) bond motifs is 1. The van der Waals surface area contributed by atoms with E-state index in [4.69, 9.17) is 23.7 Å². The molecule has 0 amide bonds. The molecule has 1 heterocycles. The van der Waals surface area contributed by atoms with E-state index in [1.54, 1.807) is 12.1 Å². The Morgan fingerprint density at radius 2 is 1.74 bits per heavy atom. The van der Waals surface area contributed by atoms with E-state index in [-0.39, 0.29) is 36.7 Å². The number of hydrogen-bond acceptors (Lipinski definition) is 11. The van der Waals surface area contributed by atoms with Crippen LogP contribution in [-0.4, -0.2) is 72.9 Å². The van der Waals surface area contributed by atoms with Crippen LogP contribution in [0.4, 0.5) is 0 Å². The van der Waals surface area contributed by atoms with E-state index in [9.17, 15) is 29.7 Å². The second kappa shape index (κ2) is 11.5. The molecule has 0 fully saturated rings. The van der Waals surface area contributed by atoms with Gasteiger partial charge in [-0.05, 0) is 23.8 Å². The largest absolute Gasteiger partial charge is 0.508 e. The van der Waals surface area contributed by atoms with Gasteiger partial charge in [-0.25, -0.2) is 4.79 Å². The molecule has 0 bridgehead atoms. The average Bonchev–Trinajstić information content (AvgIpc) is 2.84. The number of rotatable bonds is 10. The zero-order valence-electron chi connectivity index (χ0n) is 19.1. The van der Waals surface area contributed by atoms with Crippen molar-refractivity contribution in [1.82, 2.24) is 0 Å².